The molecule has 8 heteroatoms. The Labute approximate surface area is 154 Å². The molecule has 0 spiro atoms. The number of halogens is 2. The third-order valence-corrected chi connectivity index (χ3v) is 3.52. The maximum absolute atomic E-state index is 13.5. The number of hydrogen-bond acceptors (Lipinski definition) is 4. The van der Waals surface area contributed by atoms with Gasteiger partial charge in [-0.05, 0) is 37.3 Å². The van der Waals surface area contributed by atoms with E-state index in [2.05, 4.69) is 10.6 Å². The Balaban J connectivity index is 1.82. The molecule has 136 valence electrons. The van der Waals surface area contributed by atoms with E-state index >= 15 is 0 Å². The highest BCUT2D eigenvalue weighted by molar-refractivity contribution is 6.30. The summed E-state index contributed by atoms with van der Waals surface area (Å²) in [5.41, 5.74) is 0.269. The lowest BCUT2D eigenvalue weighted by molar-refractivity contribution is -0.152. The molecule has 0 bridgehead atoms. The van der Waals surface area contributed by atoms with Crippen molar-refractivity contribution in [3.63, 3.8) is 0 Å². The Bertz CT molecular complexity index is 828. The maximum Gasteiger partial charge on any atom is 0.326 e. The van der Waals surface area contributed by atoms with E-state index in [0.717, 1.165) is 6.07 Å². The Kier molecular flexibility index (Phi) is 6.68. The van der Waals surface area contributed by atoms with Crippen LogP contribution in [0.15, 0.2) is 48.5 Å². The highest BCUT2D eigenvalue weighted by Crippen LogP contribution is 2.15. The van der Waals surface area contributed by atoms with Crippen LogP contribution in [-0.2, 0) is 14.3 Å². The molecule has 1 unspecified atom stereocenters. The minimum Gasteiger partial charge on any atom is -0.451 e. The minimum absolute atomic E-state index is 0.188. The van der Waals surface area contributed by atoms with Crippen LogP contribution < -0.4 is 10.6 Å². The first-order valence-corrected chi connectivity index (χ1v) is 8.03. The van der Waals surface area contributed by atoms with Crippen molar-refractivity contribution in [1.29, 1.82) is 0 Å². The van der Waals surface area contributed by atoms with Gasteiger partial charge < -0.3 is 15.4 Å². The lowest BCUT2D eigenvalue weighted by Crippen LogP contribution is -2.36. The number of rotatable bonds is 6. The molecule has 2 N–H and O–H groups in total. The van der Waals surface area contributed by atoms with Gasteiger partial charge in [0.2, 0.25) is 0 Å². The van der Waals surface area contributed by atoms with E-state index in [1.165, 1.54) is 25.1 Å². The average Bonchev–Trinajstić information content (AvgIpc) is 2.60. The molecule has 0 aliphatic carbocycles. The topological polar surface area (TPSA) is 84.5 Å². The van der Waals surface area contributed by atoms with Crippen LogP contribution in [0.5, 0.6) is 0 Å². The van der Waals surface area contributed by atoms with Crippen molar-refractivity contribution in [3.8, 4) is 0 Å². The summed E-state index contributed by atoms with van der Waals surface area (Å²) in [5.74, 6) is -2.84. The van der Waals surface area contributed by atoms with E-state index in [1.54, 1.807) is 24.3 Å². The molecule has 2 aromatic carbocycles. The fourth-order valence-electron chi connectivity index (χ4n) is 2.00. The van der Waals surface area contributed by atoms with Crippen molar-refractivity contribution in [1.82, 2.24) is 5.32 Å². The fraction of sp³-hybridized carbons (Fsp3) is 0.167. The zero-order valence-electron chi connectivity index (χ0n) is 13.8. The highest BCUT2D eigenvalue weighted by atomic mass is 35.5. The number of benzene rings is 2. The number of anilines is 1. The summed E-state index contributed by atoms with van der Waals surface area (Å²) in [6.45, 7) is 0.887. The van der Waals surface area contributed by atoms with Crippen molar-refractivity contribution in [2.24, 2.45) is 0 Å². The van der Waals surface area contributed by atoms with Gasteiger partial charge in [-0.25, -0.2) is 4.39 Å². The van der Waals surface area contributed by atoms with E-state index in [1.807, 2.05) is 0 Å². The molecule has 0 saturated carbocycles. The Morgan fingerprint density at radius 2 is 1.88 bits per heavy atom. The third kappa shape index (κ3) is 5.56. The van der Waals surface area contributed by atoms with Crippen LogP contribution in [0.1, 0.15) is 17.3 Å². The lowest BCUT2D eigenvalue weighted by Gasteiger charge is -2.14. The van der Waals surface area contributed by atoms with Crippen molar-refractivity contribution in [3.05, 3.63) is 64.9 Å². The summed E-state index contributed by atoms with van der Waals surface area (Å²) in [5, 5.41) is 5.23. The summed E-state index contributed by atoms with van der Waals surface area (Å²) in [6.07, 6.45) is -1.09. The molecule has 0 heterocycles. The van der Waals surface area contributed by atoms with Gasteiger partial charge in [0, 0.05) is 10.7 Å². The van der Waals surface area contributed by atoms with E-state index in [-0.39, 0.29) is 5.56 Å². The quantitative estimate of drug-likeness (QED) is 0.757. The molecule has 0 aliphatic heterocycles. The summed E-state index contributed by atoms with van der Waals surface area (Å²) in [6, 6.07) is 11.9. The standard InChI is InChI=1S/C18H16ClFN2O4/c1-11(17(24)22-13-6-4-5-12(19)9-13)26-16(23)10-21-18(25)14-7-2-3-8-15(14)20/h2-9,11H,10H2,1H3,(H,21,25)(H,22,24). The van der Waals surface area contributed by atoms with E-state index in [0.29, 0.717) is 10.7 Å². The smallest absolute Gasteiger partial charge is 0.326 e. The van der Waals surface area contributed by atoms with Crippen LogP contribution in [0.25, 0.3) is 0 Å². The first-order chi connectivity index (χ1) is 12.4. The highest BCUT2D eigenvalue weighted by Gasteiger charge is 2.19. The SMILES string of the molecule is CC(OC(=O)CNC(=O)c1ccccc1F)C(=O)Nc1cccc(Cl)c1. The van der Waals surface area contributed by atoms with Crippen molar-refractivity contribution >= 4 is 35.1 Å². The predicted octanol–water partition coefficient (Wildman–Crippen LogP) is 2.78. The van der Waals surface area contributed by atoms with Gasteiger partial charge in [-0.2, -0.15) is 0 Å². The molecule has 2 amide bonds. The first kappa shape index (κ1) is 19.4. The van der Waals surface area contributed by atoms with Gasteiger partial charge in [0.25, 0.3) is 11.8 Å². The van der Waals surface area contributed by atoms with Crippen LogP contribution >= 0.6 is 11.6 Å². The second kappa shape index (κ2) is 8.96. The fourth-order valence-corrected chi connectivity index (χ4v) is 2.19. The number of carbonyl (C=O) groups excluding carboxylic acids is 3. The van der Waals surface area contributed by atoms with Gasteiger partial charge in [0.05, 0.1) is 5.56 Å². The first-order valence-electron chi connectivity index (χ1n) is 7.65. The van der Waals surface area contributed by atoms with Crippen molar-refractivity contribution < 1.29 is 23.5 Å². The van der Waals surface area contributed by atoms with Crippen molar-refractivity contribution in [2.45, 2.75) is 13.0 Å². The van der Waals surface area contributed by atoms with Crippen LogP contribution in [0, 0.1) is 5.82 Å². The summed E-state index contributed by atoms with van der Waals surface area (Å²) >= 11 is 5.82. The third-order valence-electron chi connectivity index (χ3n) is 3.28. The molecule has 0 saturated heterocycles. The van der Waals surface area contributed by atoms with E-state index in [4.69, 9.17) is 16.3 Å². The minimum atomic E-state index is -1.09. The average molecular weight is 379 g/mol. The largest absolute Gasteiger partial charge is 0.451 e. The zero-order chi connectivity index (χ0) is 19.1. The second-order valence-corrected chi connectivity index (χ2v) is 5.73. The predicted molar refractivity (Wildman–Crippen MR) is 94.4 cm³/mol. The van der Waals surface area contributed by atoms with Crippen molar-refractivity contribution in [2.75, 3.05) is 11.9 Å². The molecule has 2 rings (SSSR count). The molecule has 6 nitrogen and oxygen atoms in total. The Morgan fingerprint density at radius 1 is 1.15 bits per heavy atom. The van der Waals surface area contributed by atoms with Gasteiger partial charge in [-0.1, -0.05) is 29.8 Å². The molecule has 0 aliphatic rings. The number of amides is 2. The number of ether oxygens (including phenoxy) is 1. The van der Waals surface area contributed by atoms with Gasteiger partial charge in [0.1, 0.15) is 12.4 Å². The van der Waals surface area contributed by atoms with Gasteiger partial charge >= 0.3 is 5.97 Å². The van der Waals surface area contributed by atoms with Gasteiger partial charge in [-0.15, -0.1) is 0 Å². The molecule has 26 heavy (non-hydrogen) atoms. The number of esters is 1. The number of hydrogen-bond donors (Lipinski definition) is 2. The summed E-state index contributed by atoms with van der Waals surface area (Å²) < 4.78 is 18.4. The van der Waals surface area contributed by atoms with E-state index in [9.17, 15) is 18.8 Å². The Hall–Kier alpha value is -2.93. The second-order valence-electron chi connectivity index (χ2n) is 5.29. The molecular formula is C18H16ClFN2O4. The summed E-state index contributed by atoms with van der Waals surface area (Å²) in [4.78, 5) is 35.6. The summed E-state index contributed by atoms with van der Waals surface area (Å²) in [7, 11) is 0. The van der Waals surface area contributed by atoms with Crippen LogP contribution in [-0.4, -0.2) is 30.4 Å². The normalized spacial score (nSPS) is 11.3. The maximum atomic E-state index is 13.5. The molecule has 0 aromatic heterocycles. The van der Waals surface area contributed by atoms with Crippen LogP contribution in [0.2, 0.25) is 5.02 Å². The van der Waals surface area contributed by atoms with Gasteiger partial charge in [0.15, 0.2) is 6.10 Å². The van der Waals surface area contributed by atoms with Crippen LogP contribution in [0.4, 0.5) is 10.1 Å². The molecule has 1 atom stereocenters. The number of nitrogens with one attached hydrogen (secondary N) is 2. The van der Waals surface area contributed by atoms with Gasteiger partial charge in [-0.3, -0.25) is 14.4 Å². The zero-order valence-corrected chi connectivity index (χ0v) is 14.5. The number of carbonyl (C=O) groups is 3. The lowest BCUT2D eigenvalue weighted by atomic mass is 10.2. The molecule has 0 radical (unpaired) electrons. The van der Waals surface area contributed by atoms with Crippen LogP contribution in [0.3, 0.4) is 0 Å². The monoisotopic (exact) mass is 378 g/mol. The van der Waals surface area contributed by atoms with E-state index < -0.39 is 36.2 Å². The Morgan fingerprint density at radius 3 is 2.58 bits per heavy atom. The molecule has 0 fully saturated rings. The molecule has 2 aromatic rings. The molecular weight excluding hydrogens is 363 g/mol.